The fourth-order valence-electron chi connectivity index (χ4n) is 3.72. The van der Waals surface area contributed by atoms with Crippen LogP contribution in [0.15, 0.2) is 73.1 Å². The van der Waals surface area contributed by atoms with Crippen LogP contribution in [0.5, 0.6) is 0 Å². The average molecular weight is 373 g/mol. The van der Waals surface area contributed by atoms with Crippen LogP contribution in [0.1, 0.15) is 22.4 Å². The zero-order chi connectivity index (χ0) is 19.5. The Kier molecular flexibility index (Phi) is 5.11. The molecule has 0 unspecified atom stereocenters. The molecule has 0 atom stereocenters. The van der Waals surface area contributed by atoms with E-state index >= 15 is 0 Å². The van der Waals surface area contributed by atoms with Crippen LogP contribution in [-0.2, 0) is 13.0 Å². The number of rotatable bonds is 6. The standard InChI is InChI=1S/C24H24FN3/c1-18-19(2)28(24-16-26-14-12-23(18)24)27(17-21-6-4-3-5-7-21)15-13-20-8-10-22(25)11-9-20/h3-12,14,16H,13,15,17H2,1-2H3. The third kappa shape index (κ3) is 3.63. The van der Waals surface area contributed by atoms with Gasteiger partial charge >= 0.3 is 0 Å². The van der Waals surface area contributed by atoms with Crippen LogP contribution in [0, 0.1) is 19.7 Å². The highest BCUT2D eigenvalue weighted by atomic mass is 19.1. The zero-order valence-electron chi connectivity index (χ0n) is 16.3. The molecule has 0 aliphatic heterocycles. The molecule has 142 valence electrons. The smallest absolute Gasteiger partial charge is 0.123 e. The second-order valence-corrected chi connectivity index (χ2v) is 7.17. The summed E-state index contributed by atoms with van der Waals surface area (Å²) in [6.07, 6.45) is 4.62. The Balaban J connectivity index is 1.70. The summed E-state index contributed by atoms with van der Waals surface area (Å²) in [6.45, 7) is 5.93. The van der Waals surface area contributed by atoms with Gasteiger partial charge in [-0.25, -0.2) is 4.39 Å². The maximum Gasteiger partial charge on any atom is 0.123 e. The fraction of sp³-hybridized carbons (Fsp3) is 0.208. The number of nitrogens with zero attached hydrogens (tertiary/aromatic N) is 3. The van der Waals surface area contributed by atoms with Gasteiger partial charge in [-0.2, -0.15) is 0 Å². The van der Waals surface area contributed by atoms with Crippen molar-refractivity contribution in [2.24, 2.45) is 0 Å². The molecular formula is C24H24FN3. The van der Waals surface area contributed by atoms with E-state index in [1.807, 2.05) is 30.6 Å². The first kappa shape index (κ1) is 18.2. The highest BCUT2D eigenvalue weighted by Crippen LogP contribution is 2.25. The van der Waals surface area contributed by atoms with Crippen molar-refractivity contribution in [2.45, 2.75) is 26.8 Å². The van der Waals surface area contributed by atoms with Crippen molar-refractivity contribution in [1.82, 2.24) is 9.66 Å². The number of aryl methyl sites for hydroxylation is 1. The Morgan fingerprint density at radius 1 is 0.929 bits per heavy atom. The van der Waals surface area contributed by atoms with E-state index in [1.165, 1.54) is 34.3 Å². The topological polar surface area (TPSA) is 21.1 Å². The van der Waals surface area contributed by atoms with Crippen molar-refractivity contribution in [3.8, 4) is 0 Å². The van der Waals surface area contributed by atoms with Crippen molar-refractivity contribution in [1.29, 1.82) is 0 Å². The molecule has 0 spiro atoms. The second kappa shape index (κ2) is 7.85. The molecule has 0 saturated carbocycles. The molecule has 0 aliphatic carbocycles. The molecule has 4 aromatic rings. The minimum atomic E-state index is -0.196. The molecule has 0 bridgehead atoms. The lowest BCUT2D eigenvalue weighted by molar-refractivity contribution is 0.581. The number of hydrogen-bond acceptors (Lipinski definition) is 2. The first-order valence-corrected chi connectivity index (χ1v) is 9.58. The number of pyridine rings is 1. The van der Waals surface area contributed by atoms with Gasteiger partial charge in [0, 0.05) is 23.8 Å². The summed E-state index contributed by atoms with van der Waals surface area (Å²) in [6, 6.07) is 19.3. The van der Waals surface area contributed by atoms with Gasteiger partial charge in [-0.05, 0) is 55.2 Å². The number of fused-ring (bicyclic) bond motifs is 1. The predicted octanol–water partition coefficient (Wildman–Crippen LogP) is 5.17. The Morgan fingerprint density at radius 3 is 2.43 bits per heavy atom. The Bertz CT molecular complexity index is 1070. The van der Waals surface area contributed by atoms with Gasteiger partial charge in [0.25, 0.3) is 0 Å². The SMILES string of the molecule is Cc1c(C)n(N(CCc2ccc(F)cc2)Cc2ccccc2)c2cnccc12. The van der Waals surface area contributed by atoms with E-state index < -0.39 is 0 Å². The van der Waals surface area contributed by atoms with Gasteiger partial charge in [0.2, 0.25) is 0 Å². The second-order valence-electron chi connectivity index (χ2n) is 7.17. The van der Waals surface area contributed by atoms with Gasteiger partial charge in [-0.1, -0.05) is 42.5 Å². The van der Waals surface area contributed by atoms with E-state index in [0.717, 1.165) is 30.6 Å². The highest BCUT2D eigenvalue weighted by Gasteiger charge is 2.16. The molecular weight excluding hydrogens is 349 g/mol. The molecule has 4 rings (SSSR count). The van der Waals surface area contributed by atoms with Crippen LogP contribution in [0.25, 0.3) is 10.9 Å². The first-order chi connectivity index (χ1) is 13.6. The summed E-state index contributed by atoms with van der Waals surface area (Å²) < 4.78 is 15.5. The van der Waals surface area contributed by atoms with Gasteiger partial charge in [0.15, 0.2) is 0 Å². The maximum atomic E-state index is 13.2. The summed E-state index contributed by atoms with van der Waals surface area (Å²) in [4.78, 5) is 4.36. The van der Waals surface area contributed by atoms with Gasteiger partial charge in [0.05, 0.1) is 18.3 Å². The lowest BCUT2D eigenvalue weighted by Crippen LogP contribution is -2.36. The lowest BCUT2D eigenvalue weighted by atomic mass is 10.1. The van der Waals surface area contributed by atoms with Gasteiger partial charge < -0.3 is 5.01 Å². The van der Waals surface area contributed by atoms with Crippen molar-refractivity contribution in [2.75, 3.05) is 11.6 Å². The molecule has 0 aliphatic rings. The Labute approximate surface area is 165 Å². The molecule has 0 radical (unpaired) electrons. The molecule has 0 saturated heterocycles. The van der Waals surface area contributed by atoms with Crippen molar-refractivity contribution < 1.29 is 4.39 Å². The van der Waals surface area contributed by atoms with Crippen LogP contribution in [0.2, 0.25) is 0 Å². The Hall–Kier alpha value is -3.14. The quantitative estimate of drug-likeness (QED) is 0.465. The van der Waals surface area contributed by atoms with Gasteiger partial charge in [-0.15, -0.1) is 0 Å². The number of hydrogen-bond donors (Lipinski definition) is 0. The van der Waals surface area contributed by atoms with E-state index in [2.05, 4.69) is 58.8 Å². The molecule has 0 fully saturated rings. The van der Waals surface area contributed by atoms with E-state index in [9.17, 15) is 4.39 Å². The minimum absolute atomic E-state index is 0.196. The number of benzene rings is 2. The van der Waals surface area contributed by atoms with E-state index in [0.29, 0.717) is 0 Å². The van der Waals surface area contributed by atoms with Crippen molar-refractivity contribution in [3.05, 3.63) is 101 Å². The van der Waals surface area contributed by atoms with E-state index in [4.69, 9.17) is 0 Å². The molecule has 0 N–H and O–H groups in total. The fourth-order valence-corrected chi connectivity index (χ4v) is 3.72. The molecule has 0 amide bonds. The summed E-state index contributed by atoms with van der Waals surface area (Å²) in [5.74, 6) is -0.196. The molecule has 2 heterocycles. The summed E-state index contributed by atoms with van der Waals surface area (Å²) in [7, 11) is 0. The molecule has 2 aromatic carbocycles. The van der Waals surface area contributed by atoms with Gasteiger partial charge in [-0.3, -0.25) is 9.66 Å². The maximum absolute atomic E-state index is 13.2. The number of halogens is 1. The lowest BCUT2D eigenvalue weighted by Gasteiger charge is -2.29. The summed E-state index contributed by atoms with van der Waals surface area (Å²) in [5, 5.41) is 3.58. The van der Waals surface area contributed by atoms with Crippen LogP contribution >= 0.6 is 0 Å². The molecule has 2 aromatic heterocycles. The summed E-state index contributed by atoms with van der Waals surface area (Å²) in [5.41, 5.74) is 6.00. The third-order valence-corrected chi connectivity index (χ3v) is 5.36. The number of aromatic nitrogens is 2. The zero-order valence-corrected chi connectivity index (χ0v) is 16.3. The first-order valence-electron chi connectivity index (χ1n) is 9.58. The largest absolute Gasteiger partial charge is 0.308 e. The monoisotopic (exact) mass is 373 g/mol. The van der Waals surface area contributed by atoms with Crippen LogP contribution < -0.4 is 5.01 Å². The van der Waals surface area contributed by atoms with E-state index in [-0.39, 0.29) is 5.82 Å². The van der Waals surface area contributed by atoms with Crippen LogP contribution in [-0.4, -0.2) is 16.2 Å². The van der Waals surface area contributed by atoms with Crippen LogP contribution in [0.3, 0.4) is 0 Å². The highest BCUT2D eigenvalue weighted by molar-refractivity contribution is 5.84. The molecule has 4 heteroatoms. The summed E-state index contributed by atoms with van der Waals surface area (Å²) >= 11 is 0. The van der Waals surface area contributed by atoms with Crippen LogP contribution in [0.4, 0.5) is 4.39 Å². The predicted molar refractivity (Wildman–Crippen MR) is 113 cm³/mol. The normalized spacial score (nSPS) is 11.1. The molecule has 28 heavy (non-hydrogen) atoms. The minimum Gasteiger partial charge on any atom is -0.308 e. The van der Waals surface area contributed by atoms with Crippen molar-refractivity contribution >= 4 is 10.9 Å². The Morgan fingerprint density at radius 2 is 1.68 bits per heavy atom. The molecule has 3 nitrogen and oxygen atoms in total. The third-order valence-electron chi connectivity index (χ3n) is 5.36. The van der Waals surface area contributed by atoms with E-state index in [1.54, 1.807) is 0 Å². The van der Waals surface area contributed by atoms with Gasteiger partial charge in [0.1, 0.15) is 5.82 Å². The van der Waals surface area contributed by atoms with Crippen molar-refractivity contribution in [3.63, 3.8) is 0 Å². The average Bonchev–Trinajstić information content (AvgIpc) is 2.98.